The Balaban J connectivity index is 2.22. The van der Waals surface area contributed by atoms with E-state index in [9.17, 15) is 4.39 Å². The third-order valence-electron chi connectivity index (χ3n) is 2.63. The summed E-state index contributed by atoms with van der Waals surface area (Å²) in [4.78, 5) is 9.73. The van der Waals surface area contributed by atoms with Crippen molar-refractivity contribution in [2.45, 2.75) is 6.54 Å². The van der Waals surface area contributed by atoms with Gasteiger partial charge in [-0.3, -0.25) is 0 Å². The third-order valence-corrected chi connectivity index (χ3v) is 2.63. The molecule has 1 heterocycles. The third kappa shape index (κ3) is 3.08. The number of hydrogen-bond donors (Lipinski definition) is 3. The summed E-state index contributed by atoms with van der Waals surface area (Å²) in [5.41, 5.74) is 8.56. The Kier molecular flexibility index (Phi) is 3.76. The summed E-state index contributed by atoms with van der Waals surface area (Å²) in [6.07, 6.45) is 0. The lowest BCUT2D eigenvalue weighted by Gasteiger charge is -2.19. The van der Waals surface area contributed by atoms with Gasteiger partial charge in [0.05, 0.1) is 0 Å². The molecule has 2 aromatic rings. The van der Waals surface area contributed by atoms with Crippen molar-refractivity contribution in [3.8, 4) is 0 Å². The molecule has 100 valence electrons. The van der Waals surface area contributed by atoms with Crippen LogP contribution in [-0.2, 0) is 6.54 Å². The SMILES string of the molecule is CN(Cc1ccccc1F)c1cc(NN)nc(N)n1. The van der Waals surface area contributed by atoms with Gasteiger partial charge in [-0.2, -0.15) is 9.97 Å². The Labute approximate surface area is 110 Å². The molecule has 0 aliphatic rings. The van der Waals surface area contributed by atoms with E-state index in [4.69, 9.17) is 11.6 Å². The minimum absolute atomic E-state index is 0.103. The van der Waals surface area contributed by atoms with Crippen molar-refractivity contribution in [1.29, 1.82) is 0 Å². The maximum Gasteiger partial charge on any atom is 0.223 e. The van der Waals surface area contributed by atoms with Gasteiger partial charge in [0.2, 0.25) is 5.95 Å². The molecule has 6 nitrogen and oxygen atoms in total. The molecule has 0 saturated heterocycles. The summed E-state index contributed by atoms with van der Waals surface area (Å²) in [5, 5.41) is 0. The van der Waals surface area contributed by atoms with Crippen LogP contribution in [0.3, 0.4) is 0 Å². The number of nitrogen functional groups attached to an aromatic ring is 2. The topological polar surface area (TPSA) is 93.1 Å². The van der Waals surface area contributed by atoms with Crippen molar-refractivity contribution in [2.75, 3.05) is 23.1 Å². The highest BCUT2D eigenvalue weighted by atomic mass is 19.1. The lowest BCUT2D eigenvalue weighted by atomic mass is 10.2. The molecule has 0 fully saturated rings. The number of hydrogen-bond acceptors (Lipinski definition) is 6. The summed E-state index contributed by atoms with van der Waals surface area (Å²) >= 11 is 0. The molecule has 0 atom stereocenters. The number of hydrazine groups is 1. The quantitative estimate of drug-likeness (QED) is 0.565. The standard InChI is InChI=1S/C12H15FN6/c1-19(7-8-4-2-3-5-9(8)13)11-6-10(18-15)16-12(14)17-11/h2-6H,7,15H2,1H3,(H3,14,16,17,18). The zero-order chi connectivity index (χ0) is 13.8. The molecule has 0 amide bonds. The van der Waals surface area contributed by atoms with E-state index in [1.165, 1.54) is 6.07 Å². The van der Waals surface area contributed by atoms with E-state index in [0.717, 1.165) is 0 Å². The van der Waals surface area contributed by atoms with Gasteiger partial charge in [0.15, 0.2) is 0 Å². The Morgan fingerprint density at radius 3 is 2.74 bits per heavy atom. The molecule has 0 unspecified atom stereocenters. The van der Waals surface area contributed by atoms with Gasteiger partial charge in [-0.05, 0) is 6.07 Å². The lowest BCUT2D eigenvalue weighted by molar-refractivity contribution is 0.607. The molecule has 0 spiro atoms. The van der Waals surface area contributed by atoms with E-state index in [1.54, 1.807) is 36.2 Å². The van der Waals surface area contributed by atoms with Crippen LogP contribution in [0.15, 0.2) is 30.3 Å². The van der Waals surface area contributed by atoms with Gasteiger partial charge in [-0.1, -0.05) is 18.2 Å². The Hall–Kier alpha value is -2.41. The summed E-state index contributed by atoms with van der Waals surface area (Å²) in [7, 11) is 1.79. The average Bonchev–Trinajstić information content (AvgIpc) is 2.40. The van der Waals surface area contributed by atoms with Gasteiger partial charge >= 0.3 is 0 Å². The van der Waals surface area contributed by atoms with Crippen molar-refractivity contribution in [2.24, 2.45) is 5.84 Å². The fourth-order valence-corrected chi connectivity index (χ4v) is 1.69. The first-order valence-corrected chi connectivity index (χ1v) is 5.66. The first-order chi connectivity index (χ1) is 9.10. The Morgan fingerprint density at radius 1 is 1.32 bits per heavy atom. The molecule has 1 aromatic heterocycles. The Bertz CT molecular complexity index is 574. The van der Waals surface area contributed by atoms with Crippen LogP contribution in [0.2, 0.25) is 0 Å². The van der Waals surface area contributed by atoms with E-state index < -0.39 is 0 Å². The number of rotatable bonds is 4. The molecule has 5 N–H and O–H groups in total. The zero-order valence-electron chi connectivity index (χ0n) is 10.5. The summed E-state index contributed by atoms with van der Waals surface area (Å²) < 4.78 is 13.6. The van der Waals surface area contributed by atoms with Crippen LogP contribution in [0.25, 0.3) is 0 Å². The monoisotopic (exact) mass is 262 g/mol. The van der Waals surface area contributed by atoms with Gasteiger partial charge in [0.1, 0.15) is 17.5 Å². The van der Waals surface area contributed by atoms with Gasteiger partial charge in [-0.25, -0.2) is 10.2 Å². The summed E-state index contributed by atoms with van der Waals surface area (Å²) in [6, 6.07) is 8.21. The minimum atomic E-state index is -0.256. The van der Waals surface area contributed by atoms with Gasteiger partial charge in [0, 0.05) is 25.2 Å². The first kappa shape index (κ1) is 13.0. The van der Waals surface area contributed by atoms with Crippen molar-refractivity contribution in [3.63, 3.8) is 0 Å². The maximum atomic E-state index is 13.6. The Morgan fingerprint density at radius 2 is 2.05 bits per heavy atom. The molecular weight excluding hydrogens is 247 g/mol. The van der Waals surface area contributed by atoms with Crippen molar-refractivity contribution >= 4 is 17.6 Å². The van der Waals surface area contributed by atoms with Crippen LogP contribution in [0, 0.1) is 5.82 Å². The molecule has 0 radical (unpaired) electrons. The number of anilines is 3. The highest BCUT2D eigenvalue weighted by Gasteiger charge is 2.09. The van der Waals surface area contributed by atoms with Gasteiger partial charge in [0.25, 0.3) is 0 Å². The van der Waals surface area contributed by atoms with Gasteiger partial charge < -0.3 is 16.1 Å². The molecule has 0 bridgehead atoms. The number of aromatic nitrogens is 2. The van der Waals surface area contributed by atoms with E-state index in [0.29, 0.717) is 23.7 Å². The van der Waals surface area contributed by atoms with Crippen LogP contribution >= 0.6 is 0 Å². The van der Waals surface area contributed by atoms with Crippen molar-refractivity contribution < 1.29 is 4.39 Å². The molecule has 19 heavy (non-hydrogen) atoms. The number of nitrogens with zero attached hydrogens (tertiary/aromatic N) is 3. The predicted octanol–water partition coefficient (Wildman–Crippen LogP) is 1.12. The fraction of sp³-hybridized carbons (Fsp3) is 0.167. The van der Waals surface area contributed by atoms with Crippen LogP contribution < -0.4 is 21.9 Å². The second kappa shape index (κ2) is 5.49. The molecule has 2 rings (SSSR count). The second-order valence-corrected chi connectivity index (χ2v) is 4.06. The molecule has 1 aromatic carbocycles. The fourth-order valence-electron chi connectivity index (χ4n) is 1.69. The highest BCUT2D eigenvalue weighted by Crippen LogP contribution is 2.18. The zero-order valence-corrected chi connectivity index (χ0v) is 10.5. The largest absolute Gasteiger partial charge is 0.368 e. The van der Waals surface area contributed by atoms with Crippen LogP contribution in [0.1, 0.15) is 5.56 Å². The summed E-state index contributed by atoms with van der Waals surface area (Å²) in [6.45, 7) is 0.368. The number of halogens is 1. The van der Waals surface area contributed by atoms with Crippen LogP contribution in [-0.4, -0.2) is 17.0 Å². The van der Waals surface area contributed by atoms with Gasteiger partial charge in [-0.15, -0.1) is 0 Å². The summed E-state index contributed by atoms with van der Waals surface area (Å²) in [5.74, 6) is 6.10. The number of nitrogens with one attached hydrogen (secondary N) is 1. The smallest absolute Gasteiger partial charge is 0.223 e. The van der Waals surface area contributed by atoms with Crippen LogP contribution in [0.5, 0.6) is 0 Å². The predicted molar refractivity (Wildman–Crippen MR) is 72.8 cm³/mol. The minimum Gasteiger partial charge on any atom is -0.368 e. The van der Waals surface area contributed by atoms with E-state index in [1.807, 2.05) is 0 Å². The van der Waals surface area contributed by atoms with E-state index in [-0.39, 0.29) is 11.8 Å². The lowest BCUT2D eigenvalue weighted by Crippen LogP contribution is -2.20. The number of nitrogens with two attached hydrogens (primary N) is 2. The maximum absolute atomic E-state index is 13.6. The molecule has 0 saturated carbocycles. The van der Waals surface area contributed by atoms with E-state index in [2.05, 4.69) is 15.4 Å². The van der Waals surface area contributed by atoms with Crippen molar-refractivity contribution in [1.82, 2.24) is 9.97 Å². The second-order valence-electron chi connectivity index (χ2n) is 4.06. The van der Waals surface area contributed by atoms with Crippen LogP contribution in [0.4, 0.5) is 22.0 Å². The molecular formula is C12H15FN6. The van der Waals surface area contributed by atoms with E-state index >= 15 is 0 Å². The van der Waals surface area contributed by atoms with Crippen molar-refractivity contribution in [3.05, 3.63) is 41.7 Å². The normalized spacial score (nSPS) is 10.3. The molecule has 7 heteroatoms. The molecule has 0 aliphatic heterocycles. The number of benzene rings is 1. The average molecular weight is 262 g/mol. The highest BCUT2D eigenvalue weighted by molar-refractivity contribution is 5.51. The first-order valence-electron chi connectivity index (χ1n) is 5.66. The molecule has 0 aliphatic carbocycles.